The number of esters is 1. The lowest BCUT2D eigenvalue weighted by Gasteiger charge is -2.56. The van der Waals surface area contributed by atoms with Gasteiger partial charge in [-0.25, -0.2) is 0 Å². The summed E-state index contributed by atoms with van der Waals surface area (Å²) in [6.07, 6.45) is 16.3. The summed E-state index contributed by atoms with van der Waals surface area (Å²) >= 11 is 0. The van der Waals surface area contributed by atoms with Gasteiger partial charge in [0.1, 0.15) is 11.9 Å². The van der Waals surface area contributed by atoms with E-state index < -0.39 is 0 Å². The standard InChI is InChI=1S/C32H50O3/c1-5-7-8-9-10-11-12-13-14-29(34)35-28-18-17-27-31-23(6-2)19-24-20-25(33)15-16-26(24)30(31)22(3)21-32(27,28)4/h15-16,20,22-23,27-28,30-31,33H,5-14,17-19,21H2,1-4H3/t22-,23-,27?,28-,30?,31?,32-/m0/s1. The second-order valence-electron chi connectivity index (χ2n) is 12.4. The zero-order valence-corrected chi connectivity index (χ0v) is 22.9. The van der Waals surface area contributed by atoms with Gasteiger partial charge >= 0.3 is 5.97 Å². The average Bonchev–Trinajstić information content (AvgIpc) is 3.14. The summed E-state index contributed by atoms with van der Waals surface area (Å²) in [4.78, 5) is 12.8. The van der Waals surface area contributed by atoms with Crippen molar-refractivity contribution in [2.24, 2.45) is 29.1 Å². The number of benzene rings is 1. The van der Waals surface area contributed by atoms with E-state index in [2.05, 4.69) is 33.8 Å². The van der Waals surface area contributed by atoms with Crippen molar-refractivity contribution in [3.63, 3.8) is 0 Å². The molecule has 3 nitrogen and oxygen atoms in total. The largest absolute Gasteiger partial charge is 0.508 e. The predicted octanol–water partition coefficient (Wildman–Crippen LogP) is 8.57. The molecule has 3 unspecified atom stereocenters. The highest BCUT2D eigenvalue weighted by atomic mass is 16.5. The summed E-state index contributed by atoms with van der Waals surface area (Å²) in [6, 6.07) is 6.09. The van der Waals surface area contributed by atoms with Gasteiger partial charge in [0.25, 0.3) is 0 Å². The van der Waals surface area contributed by atoms with Crippen molar-refractivity contribution in [1.29, 1.82) is 0 Å². The van der Waals surface area contributed by atoms with Gasteiger partial charge in [-0.3, -0.25) is 4.79 Å². The highest BCUT2D eigenvalue weighted by molar-refractivity contribution is 5.69. The molecule has 2 saturated carbocycles. The molecule has 7 atom stereocenters. The second-order valence-corrected chi connectivity index (χ2v) is 12.4. The smallest absolute Gasteiger partial charge is 0.306 e. The van der Waals surface area contributed by atoms with Crippen LogP contribution in [0.5, 0.6) is 5.75 Å². The number of carbonyl (C=O) groups excluding carboxylic acids is 1. The molecule has 1 N–H and O–H groups in total. The normalized spacial score (nSPS) is 33.6. The van der Waals surface area contributed by atoms with Crippen molar-refractivity contribution in [3.8, 4) is 5.75 Å². The third kappa shape index (κ3) is 5.59. The average molecular weight is 483 g/mol. The fourth-order valence-electron chi connectivity index (χ4n) is 8.47. The van der Waals surface area contributed by atoms with Gasteiger partial charge < -0.3 is 9.84 Å². The van der Waals surface area contributed by atoms with Crippen molar-refractivity contribution in [3.05, 3.63) is 29.3 Å². The van der Waals surface area contributed by atoms with Crippen LogP contribution in [0.4, 0.5) is 0 Å². The van der Waals surface area contributed by atoms with Crippen molar-refractivity contribution in [2.75, 3.05) is 0 Å². The Hall–Kier alpha value is -1.51. The summed E-state index contributed by atoms with van der Waals surface area (Å²) in [7, 11) is 0. The van der Waals surface area contributed by atoms with Crippen molar-refractivity contribution in [2.45, 2.75) is 130 Å². The van der Waals surface area contributed by atoms with E-state index in [1.54, 1.807) is 0 Å². The summed E-state index contributed by atoms with van der Waals surface area (Å²) in [5.41, 5.74) is 2.93. The van der Waals surface area contributed by atoms with Crippen LogP contribution in [0.2, 0.25) is 0 Å². The van der Waals surface area contributed by atoms with E-state index in [0.29, 0.717) is 41.8 Å². The molecule has 2 fully saturated rings. The fraction of sp³-hybridized carbons (Fsp3) is 0.781. The second kappa shape index (κ2) is 11.7. The molecule has 0 amide bonds. The van der Waals surface area contributed by atoms with Gasteiger partial charge in [-0.05, 0) is 85.0 Å². The molecular weight excluding hydrogens is 432 g/mol. The van der Waals surface area contributed by atoms with Crippen LogP contribution < -0.4 is 0 Å². The lowest BCUT2D eigenvalue weighted by atomic mass is 9.49. The topological polar surface area (TPSA) is 46.5 Å². The summed E-state index contributed by atoms with van der Waals surface area (Å²) in [5.74, 6) is 3.48. The van der Waals surface area contributed by atoms with Crippen LogP contribution in [-0.4, -0.2) is 17.2 Å². The van der Waals surface area contributed by atoms with E-state index >= 15 is 0 Å². The van der Waals surface area contributed by atoms with Crippen LogP contribution in [0, 0.1) is 29.1 Å². The minimum absolute atomic E-state index is 0.0362. The van der Waals surface area contributed by atoms with Crippen LogP contribution in [0.3, 0.4) is 0 Å². The lowest BCUT2D eigenvalue weighted by Crippen LogP contribution is -2.50. The number of unbranched alkanes of at least 4 members (excludes halogenated alkanes) is 7. The molecule has 0 heterocycles. The van der Waals surface area contributed by atoms with Crippen LogP contribution in [0.1, 0.15) is 128 Å². The highest BCUT2D eigenvalue weighted by Crippen LogP contribution is 2.64. The molecule has 3 aliphatic rings. The Morgan fingerprint density at radius 1 is 1.06 bits per heavy atom. The van der Waals surface area contributed by atoms with Gasteiger partial charge in [-0.15, -0.1) is 0 Å². The third-order valence-electron chi connectivity index (χ3n) is 10.1. The highest BCUT2D eigenvalue weighted by Gasteiger charge is 2.59. The number of ether oxygens (including phenoxy) is 1. The van der Waals surface area contributed by atoms with Gasteiger partial charge in [-0.2, -0.15) is 0 Å². The van der Waals surface area contributed by atoms with Gasteiger partial charge in [-0.1, -0.05) is 85.1 Å². The molecule has 4 rings (SSSR count). The Kier molecular flexibility index (Phi) is 8.87. The van der Waals surface area contributed by atoms with E-state index in [-0.39, 0.29) is 17.5 Å². The predicted molar refractivity (Wildman–Crippen MR) is 144 cm³/mol. The van der Waals surface area contributed by atoms with E-state index in [1.165, 1.54) is 62.5 Å². The van der Waals surface area contributed by atoms with Gasteiger partial charge in [0.15, 0.2) is 0 Å². The van der Waals surface area contributed by atoms with Gasteiger partial charge in [0.2, 0.25) is 0 Å². The molecular formula is C32H50O3. The zero-order chi connectivity index (χ0) is 25.0. The quantitative estimate of drug-likeness (QED) is 0.254. The maximum absolute atomic E-state index is 12.8. The van der Waals surface area contributed by atoms with Crippen molar-refractivity contribution in [1.82, 2.24) is 0 Å². The van der Waals surface area contributed by atoms with Crippen molar-refractivity contribution >= 4 is 5.97 Å². The van der Waals surface area contributed by atoms with E-state index in [1.807, 2.05) is 12.1 Å². The number of hydrogen-bond acceptors (Lipinski definition) is 3. The number of aromatic hydroxyl groups is 1. The molecule has 3 aliphatic carbocycles. The monoisotopic (exact) mass is 482 g/mol. The number of hydrogen-bond donors (Lipinski definition) is 1. The van der Waals surface area contributed by atoms with Gasteiger partial charge in [0, 0.05) is 11.8 Å². The SMILES string of the molecule is CCCCCCCCCCC(=O)O[C@H]1CCC2C3C(c4ccc(O)cc4C[C@@H]3CC)[C@@H](C)C[C@@]21C. The van der Waals surface area contributed by atoms with Crippen LogP contribution in [0.25, 0.3) is 0 Å². The molecule has 0 radical (unpaired) electrons. The number of fused-ring (bicyclic) bond motifs is 5. The summed E-state index contributed by atoms with van der Waals surface area (Å²) in [5, 5.41) is 10.1. The molecule has 1 aromatic carbocycles. The first kappa shape index (κ1) is 26.6. The van der Waals surface area contributed by atoms with Crippen LogP contribution >= 0.6 is 0 Å². The maximum atomic E-state index is 12.8. The third-order valence-corrected chi connectivity index (χ3v) is 10.1. The maximum Gasteiger partial charge on any atom is 0.306 e. The molecule has 0 aliphatic heterocycles. The fourth-order valence-corrected chi connectivity index (χ4v) is 8.47. The summed E-state index contributed by atoms with van der Waals surface area (Å²) < 4.78 is 6.25. The van der Waals surface area contributed by atoms with Crippen molar-refractivity contribution < 1.29 is 14.6 Å². The molecule has 0 bridgehead atoms. The molecule has 35 heavy (non-hydrogen) atoms. The molecule has 0 spiro atoms. The number of rotatable bonds is 11. The molecule has 0 saturated heterocycles. The minimum atomic E-state index is 0.0362. The van der Waals surface area contributed by atoms with E-state index in [9.17, 15) is 9.90 Å². The van der Waals surface area contributed by atoms with Crippen LogP contribution in [-0.2, 0) is 16.0 Å². The first-order chi connectivity index (χ1) is 16.9. The molecule has 0 aromatic heterocycles. The van der Waals surface area contributed by atoms with E-state index in [4.69, 9.17) is 4.74 Å². The Bertz CT molecular complexity index is 847. The van der Waals surface area contributed by atoms with Crippen LogP contribution in [0.15, 0.2) is 18.2 Å². The summed E-state index contributed by atoms with van der Waals surface area (Å²) in [6.45, 7) is 9.45. The first-order valence-corrected chi connectivity index (χ1v) is 14.9. The molecule has 196 valence electrons. The first-order valence-electron chi connectivity index (χ1n) is 14.9. The Labute approximate surface area is 214 Å². The molecule has 1 aromatic rings. The van der Waals surface area contributed by atoms with Gasteiger partial charge in [0.05, 0.1) is 0 Å². The number of carbonyl (C=O) groups is 1. The van der Waals surface area contributed by atoms with E-state index in [0.717, 1.165) is 32.1 Å². The molecule has 3 heteroatoms. The number of phenolic OH excluding ortho intramolecular Hbond substituents is 1. The Morgan fingerprint density at radius 3 is 2.49 bits per heavy atom. The zero-order valence-electron chi connectivity index (χ0n) is 22.9. The Balaban J connectivity index is 1.36. The lowest BCUT2D eigenvalue weighted by molar-refractivity contribution is -0.159. The number of phenols is 1. The minimum Gasteiger partial charge on any atom is -0.508 e. The Morgan fingerprint density at radius 2 is 1.77 bits per heavy atom.